The number of methoxy groups -OCH3 is 1. The maximum atomic E-state index is 11.5. The zero-order valence-corrected chi connectivity index (χ0v) is 10.9. The molecule has 3 nitrogen and oxygen atoms in total. The Morgan fingerprint density at radius 2 is 2.33 bits per heavy atom. The average molecular weight is 245 g/mol. The van der Waals surface area contributed by atoms with Gasteiger partial charge in [-0.3, -0.25) is 4.79 Å². The topological polar surface area (TPSA) is 38.3 Å². The highest BCUT2D eigenvalue weighted by atomic mass is 16.5. The van der Waals surface area contributed by atoms with Crippen molar-refractivity contribution in [1.29, 1.82) is 0 Å². The predicted octanol–water partition coefficient (Wildman–Crippen LogP) is 2.62. The van der Waals surface area contributed by atoms with Gasteiger partial charge in [-0.05, 0) is 36.5 Å². The minimum absolute atomic E-state index is 0.0189. The van der Waals surface area contributed by atoms with E-state index >= 15 is 0 Å². The molecule has 0 aromatic heterocycles. The number of carbonyl (C=O) groups is 1. The Morgan fingerprint density at radius 3 is 3.00 bits per heavy atom. The van der Waals surface area contributed by atoms with Crippen molar-refractivity contribution in [2.45, 2.75) is 25.8 Å². The molecule has 2 unspecified atom stereocenters. The van der Waals surface area contributed by atoms with E-state index in [4.69, 9.17) is 4.74 Å². The lowest BCUT2D eigenvalue weighted by molar-refractivity contribution is -0.117. The Hall–Kier alpha value is -1.77. The van der Waals surface area contributed by atoms with E-state index in [-0.39, 0.29) is 11.9 Å². The van der Waals surface area contributed by atoms with Gasteiger partial charge in [0.2, 0.25) is 5.91 Å². The van der Waals surface area contributed by atoms with Crippen molar-refractivity contribution in [2.75, 3.05) is 7.11 Å². The first kappa shape index (κ1) is 12.7. The first-order valence-corrected chi connectivity index (χ1v) is 6.24. The van der Waals surface area contributed by atoms with Gasteiger partial charge in [0.1, 0.15) is 5.75 Å². The van der Waals surface area contributed by atoms with Crippen LogP contribution in [0.4, 0.5) is 0 Å². The second-order valence-electron chi connectivity index (χ2n) is 4.84. The van der Waals surface area contributed by atoms with Crippen molar-refractivity contribution >= 4 is 5.91 Å². The fourth-order valence-corrected chi connectivity index (χ4v) is 2.68. The summed E-state index contributed by atoms with van der Waals surface area (Å²) < 4.78 is 5.42. The molecule has 2 rings (SSSR count). The lowest BCUT2D eigenvalue weighted by Gasteiger charge is -2.31. The van der Waals surface area contributed by atoms with E-state index < -0.39 is 0 Å². The number of benzene rings is 1. The fraction of sp³-hybridized carbons (Fsp3) is 0.400. The van der Waals surface area contributed by atoms with Crippen LogP contribution in [0.2, 0.25) is 0 Å². The summed E-state index contributed by atoms with van der Waals surface area (Å²) >= 11 is 0. The number of rotatable bonds is 3. The van der Waals surface area contributed by atoms with Crippen molar-refractivity contribution in [3.8, 4) is 5.75 Å². The number of ether oxygens (including phenoxy) is 1. The molecule has 0 fully saturated rings. The van der Waals surface area contributed by atoms with Crippen LogP contribution in [0.25, 0.3) is 0 Å². The third kappa shape index (κ3) is 2.40. The van der Waals surface area contributed by atoms with Crippen molar-refractivity contribution in [1.82, 2.24) is 5.32 Å². The van der Waals surface area contributed by atoms with Crippen LogP contribution in [0, 0.1) is 5.92 Å². The highest BCUT2D eigenvalue weighted by Crippen LogP contribution is 2.38. The number of hydrogen-bond acceptors (Lipinski definition) is 2. The van der Waals surface area contributed by atoms with E-state index in [1.54, 1.807) is 7.11 Å². The van der Waals surface area contributed by atoms with Crippen molar-refractivity contribution in [3.05, 3.63) is 42.0 Å². The van der Waals surface area contributed by atoms with E-state index in [1.807, 2.05) is 12.1 Å². The largest absolute Gasteiger partial charge is 0.496 e. The Labute approximate surface area is 108 Å². The van der Waals surface area contributed by atoms with E-state index in [9.17, 15) is 4.79 Å². The molecule has 1 aromatic rings. The van der Waals surface area contributed by atoms with Crippen molar-refractivity contribution < 1.29 is 9.53 Å². The second-order valence-corrected chi connectivity index (χ2v) is 4.84. The zero-order chi connectivity index (χ0) is 13.1. The lowest BCUT2D eigenvalue weighted by atomic mass is 9.81. The lowest BCUT2D eigenvalue weighted by Crippen LogP contribution is -2.32. The molecule has 0 aliphatic heterocycles. The van der Waals surface area contributed by atoms with Crippen molar-refractivity contribution in [3.63, 3.8) is 0 Å². The molecule has 0 radical (unpaired) electrons. The Balaban J connectivity index is 2.39. The summed E-state index contributed by atoms with van der Waals surface area (Å²) in [6.45, 7) is 5.70. The maximum Gasteiger partial charge on any atom is 0.243 e. The first-order valence-electron chi connectivity index (χ1n) is 6.24. The summed E-state index contributed by atoms with van der Waals surface area (Å²) in [6, 6.07) is 6.08. The third-order valence-electron chi connectivity index (χ3n) is 3.43. The molecule has 1 aliphatic rings. The smallest absolute Gasteiger partial charge is 0.243 e. The van der Waals surface area contributed by atoms with Gasteiger partial charge in [0.15, 0.2) is 0 Å². The quantitative estimate of drug-likeness (QED) is 0.831. The summed E-state index contributed by atoms with van der Waals surface area (Å²) in [5.41, 5.74) is 2.38. The van der Waals surface area contributed by atoms with Crippen LogP contribution in [0.15, 0.2) is 30.9 Å². The van der Waals surface area contributed by atoms with Gasteiger partial charge in [-0.15, -0.1) is 0 Å². The SMILES string of the molecule is C=CC(=O)NC1CC(C)Cc2cccc(OC)c21. The van der Waals surface area contributed by atoms with Crippen molar-refractivity contribution in [2.24, 2.45) is 5.92 Å². The monoisotopic (exact) mass is 245 g/mol. The van der Waals surface area contributed by atoms with E-state index in [2.05, 4.69) is 24.9 Å². The number of fused-ring (bicyclic) bond motifs is 1. The highest BCUT2D eigenvalue weighted by Gasteiger charge is 2.28. The van der Waals surface area contributed by atoms with E-state index in [0.29, 0.717) is 5.92 Å². The fourth-order valence-electron chi connectivity index (χ4n) is 2.68. The van der Waals surface area contributed by atoms with Crippen LogP contribution in [-0.2, 0) is 11.2 Å². The number of amides is 1. The minimum Gasteiger partial charge on any atom is -0.496 e. The number of carbonyl (C=O) groups excluding carboxylic acids is 1. The molecule has 0 saturated carbocycles. The molecule has 1 amide bonds. The van der Waals surface area contributed by atoms with Crippen LogP contribution in [0.1, 0.15) is 30.5 Å². The maximum absolute atomic E-state index is 11.5. The van der Waals surface area contributed by atoms with Gasteiger partial charge in [-0.25, -0.2) is 0 Å². The summed E-state index contributed by atoms with van der Waals surface area (Å²) in [7, 11) is 1.67. The van der Waals surface area contributed by atoms with Gasteiger partial charge < -0.3 is 10.1 Å². The normalized spacial score (nSPS) is 21.9. The molecule has 0 spiro atoms. The van der Waals surface area contributed by atoms with Gasteiger partial charge in [0, 0.05) is 5.56 Å². The molecule has 0 saturated heterocycles. The molecule has 0 heterocycles. The molecule has 1 N–H and O–H groups in total. The standard InChI is InChI=1S/C15H19NO2/c1-4-14(17)16-12-9-10(2)8-11-6-5-7-13(18-3)15(11)12/h4-7,10,12H,1,8-9H2,2-3H3,(H,16,17). The third-order valence-corrected chi connectivity index (χ3v) is 3.43. The van der Waals surface area contributed by atoms with Gasteiger partial charge in [-0.1, -0.05) is 25.6 Å². The molecule has 1 aliphatic carbocycles. The minimum atomic E-state index is -0.133. The molecule has 2 atom stereocenters. The number of nitrogens with one attached hydrogen (secondary N) is 1. The van der Waals surface area contributed by atoms with Gasteiger partial charge in [0.05, 0.1) is 13.2 Å². The summed E-state index contributed by atoms with van der Waals surface area (Å²) in [6.07, 6.45) is 3.29. The second kappa shape index (κ2) is 5.25. The molecule has 1 aromatic carbocycles. The Kier molecular flexibility index (Phi) is 3.70. The van der Waals surface area contributed by atoms with E-state index in [1.165, 1.54) is 11.6 Å². The van der Waals surface area contributed by atoms with Gasteiger partial charge in [-0.2, -0.15) is 0 Å². The Bertz CT molecular complexity index is 468. The summed E-state index contributed by atoms with van der Waals surface area (Å²) in [5, 5.41) is 2.99. The molecule has 0 bridgehead atoms. The zero-order valence-electron chi connectivity index (χ0n) is 10.9. The Morgan fingerprint density at radius 1 is 1.56 bits per heavy atom. The molecule has 3 heteroatoms. The number of hydrogen-bond donors (Lipinski definition) is 1. The molecule has 18 heavy (non-hydrogen) atoms. The molecular weight excluding hydrogens is 226 g/mol. The summed E-state index contributed by atoms with van der Waals surface area (Å²) in [5.74, 6) is 1.28. The van der Waals surface area contributed by atoms with Crippen LogP contribution in [0.3, 0.4) is 0 Å². The van der Waals surface area contributed by atoms with Crippen LogP contribution in [0.5, 0.6) is 5.75 Å². The van der Waals surface area contributed by atoms with Gasteiger partial charge >= 0.3 is 0 Å². The first-order chi connectivity index (χ1) is 8.65. The predicted molar refractivity (Wildman–Crippen MR) is 71.6 cm³/mol. The molecule has 96 valence electrons. The van der Waals surface area contributed by atoms with Crippen LogP contribution >= 0.6 is 0 Å². The summed E-state index contributed by atoms with van der Waals surface area (Å²) in [4.78, 5) is 11.5. The van der Waals surface area contributed by atoms with Crippen LogP contribution < -0.4 is 10.1 Å². The highest BCUT2D eigenvalue weighted by molar-refractivity contribution is 5.87. The van der Waals surface area contributed by atoms with E-state index in [0.717, 1.165) is 24.2 Å². The van der Waals surface area contributed by atoms with Gasteiger partial charge in [0.25, 0.3) is 0 Å². The molecular formula is C15H19NO2. The average Bonchev–Trinajstić information content (AvgIpc) is 2.37. The van der Waals surface area contributed by atoms with Crippen LogP contribution in [-0.4, -0.2) is 13.0 Å².